The van der Waals surface area contributed by atoms with E-state index in [9.17, 15) is 39.6 Å². The SMILES string of the molecule is CC(=O)c1csc(-c2cnc3[nH]ccc3c2NC2CC(CS(=O)(=O)c3cccc(C#N)c3)C2)n1.CC(=O)c1csc(-c2cnc3[nH]ccc3c2NC2CC(CS(=O)(=O)c3cccc(C#N)c3)C2)n1.CNC(=O)c1csc(-c2cnc3[nH]ccc3c2NC2CC(CS(=O)(=O)c3cccc(C#N)c3)C2)n1. The van der Waals surface area contributed by atoms with Crippen LogP contribution >= 0.6 is 34.0 Å². The number of H-pyrrole nitrogens is 3. The van der Waals surface area contributed by atoms with Crippen molar-refractivity contribution in [1.29, 1.82) is 15.8 Å². The van der Waals surface area contributed by atoms with Crippen LogP contribution in [-0.4, -0.2) is 130 Å². The highest BCUT2D eigenvalue weighted by Gasteiger charge is 2.38. The maximum atomic E-state index is 12.8. The van der Waals surface area contributed by atoms with Crippen molar-refractivity contribution in [3.8, 4) is 49.9 Å². The third-order valence-electron chi connectivity index (χ3n) is 18.2. The zero-order valence-electron chi connectivity index (χ0n) is 55.3. The number of carbonyl (C=O) groups is 3. The van der Waals surface area contributed by atoms with Crippen LogP contribution in [-0.2, 0) is 29.5 Å². The average molecular weight is 1490 g/mol. The molecule has 0 radical (unpaired) electrons. The smallest absolute Gasteiger partial charge is 0.270 e. The molecule has 31 heteroatoms. The molecule has 7 N–H and O–H groups in total. The lowest BCUT2D eigenvalue weighted by Crippen LogP contribution is -2.39. The molecule has 0 aliphatic heterocycles. The van der Waals surface area contributed by atoms with Crippen molar-refractivity contribution < 1.29 is 39.6 Å². The van der Waals surface area contributed by atoms with Gasteiger partial charge in [-0.2, -0.15) is 15.8 Å². The number of amides is 1. The lowest BCUT2D eigenvalue weighted by molar-refractivity contribution is 0.0956. The van der Waals surface area contributed by atoms with E-state index in [4.69, 9.17) is 15.8 Å². The Bertz CT molecular complexity index is 5530. The number of rotatable bonds is 21. The largest absolute Gasteiger partial charge is 0.381 e. The number of sulfone groups is 3. The molecule has 522 valence electrons. The van der Waals surface area contributed by atoms with Crippen molar-refractivity contribution in [1.82, 2.24) is 50.2 Å². The number of hydrogen-bond acceptors (Lipinski definition) is 24. The Morgan fingerprint density at radius 3 is 1.05 bits per heavy atom. The molecule has 0 saturated heterocycles. The maximum absolute atomic E-state index is 12.8. The van der Waals surface area contributed by atoms with E-state index in [1.54, 1.807) is 90.3 Å². The van der Waals surface area contributed by atoms with Crippen LogP contribution in [0.15, 0.2) is 159 Å². The van der Waals surface area contributed by atoms with Crippen molar-refractivity contribution in [3.63, 3.8) is 0 Å². The molecule has 0 bridgehead atoms. The number of pyridine rings is 3. The number of fused-ring (bicyclic) bond motifs is 3. The molecule has 9 heterocycles. The second kappa shape index (κ2) is 29.6. The second-order valence-electron chi connectivity index (χ2n) is 25.5. The van der Waals surface area contributed by atoms with Crippen LogP contribution in [0.1, 0.15) is 101 Å². The van der Waals surface area contributed by atoms with E-state index in [0.29, 0.717) is 87.3 Å². The first-order valence-electron chi connectivity index (χ1n) is 32.5. The Labute approximate surface area is 603 Å². The predicted octanol–water partition coefficient (Wildman–Crippen LogP) is 12.4. The summed E-state index contributed by atoms with van der Waals surface area (Å²) in [6, 6.07) is 30.6. The van der Waals surface area contributed by atoms with E-state index in [0.717, 1.165) is 66.9 Å². The summed E-state index contributed by atoms with van der Waals surface area (Å²) in [7, 11) is -8.84. The van der Waals surface area contributed by atoms with Crippen molar-refractivity contribution in [2.75, 3.05) is 40.3 Å². The molecule has 0 spiro atoms. The minimum atomic E-state index is -3.47. The van der Waals surface area contributed by atoms with Gasteiger partial charge in [-0.05, 0) is 129 Å². The first-order chi connectivity index (χ1) is 49.5. The van der Waals surface area contributed by atoms with Crippen molar-refractivity contribution >= 4 is 131 Å². The Hall–Kier alpha value is -10.9. The number of aromatic nitrogens is 9. The molecular weight excluding hydrogens is 1430 g/mol. The van der Waals surface area contributed by atoms with Gasteiger partial charge in [-0.25, -0.2) is 55.2 Å². The van der Waals surface area contributed by atoms with Crippen molar-refractivity contribution in [2.45, 2.75) is 85.2 Å². The number of anilines is 3. The summed E-state index contributed by atoms with van der Waals surface area (Å²) < 4.78 is 77.0. The van der Waals surface area contributed by atoms with Gasteiger partial charge in [0.1, 0.15) is 49.0 Å². The van der Waals surface area contributed by atoms with Gasteiger partial charge in [0, 0.05) is 109 Å². The highest BCUT2D eigenvalue weighted by molar-refractivity contribution is 7.92. The minimum absolute atomic E-state index is 0.0231. The van der Waals surface area contributed by atoms with Gasteiger partial charge in [-0.3, -0.25) is 14.4 Å². The van der Waals surface area contributed by atoms with Gasteiger partial charge in [0.25, 0.3) is 5.91 Å². The van der Waals surface area contributed by atoms with Crippen LogP contribution in [0.25, 0.3) is 64.8 Å². The normalized spacial score (nSPS) is 17.7. The number of Topliss-reactive ketones (excluding diaryl/α,β-unsaturated/α-hetero) is 2. The number of hydrogen-bond donors (Lipinski definition) is 7. The number of aromatic amines is 3. The van der Waals surface area contributed by atoms with Gasteiger partial charge in [0.05, 0.1) is 101 Å². The molecule has 9 aromatic heterocycles. The van der Waals surface area contributed by atoms with Crippen LogP contribution in [0.4, 0.5) is 17.1 Å². The van der Waals surface area contributed by atoms with E-state index < -0.39 is 29.5 Å². The number of nitriles is 3. The molecule has 1 amide bonds. The summed E-state index contributed by atoms with van der Waals surface area (Å²) in [6.07, 6.45) is 14.9. The number of nitrogens with zero attached hydrogens (tertiary/aromatic N) is 9. The highest BCUT2D eigenvalue weighted by Crippen LogP contribution is 2.44. The molecule has 103 heavy (non-hydrogen) atoms. The van der Waals surface area contributed by atoms with Crippen LogP contribution in [0.5, 0.6) is 0 Å². The molecule has 15 rings (SSSR count). The van der Waals surface area contributed by atoms with Crippen molar-refractivity contribution in [3.05, 3.63) is 178 Å². The molecule has 25 nitrogen and oxygen atoms in total. The standard InChI is InChI=1S/C24H22N6O3S2.2C24H21N5O3S2/c1-26-23(31)20-12-34-24(30-20)19-11-28-22-18(5-6-27-22)21(19)29-16-7-15(8-16)13-35(32,33)17-4-2-3-14(9-17)10-25;2*1-14(30)21-12-33-24(29-21)20-11-27-23-19(5-6-26-23)22(20)28-17-7-16(8-17)13-34(31,32)18-4-2-3-15(9-18)10-25/h2-6,9,11-12,15-16H,7-8,13H2,1H3,(H,26,31)(H2,27,28,29);2*2-6,9,11-12,16-17H,7-8,13H2,1H3,(H2,26,27,28). The van der Waals surface area contributed by atoms with Gasteiger partial charge >= 0.3 is 0 Å². The molecule has 3 fully saturated rings. The first-order valence-corrected chi connectivity index (χ1v) is 40.1. The number of benzene rings is 3. The number of ketones is 2. The van der Waals surface area contributed by atoms with Crippen LogP contribution < -0.4 is 21.3 Å². The molecule has 3 saturated carbocycles. The van der Waals surface area contributed by atoms with Gasteiger partial charge in [-0.1, -0.05) is 18.2 Å². The summed E-state index contributed by atoms with van der Waals surface area (Å²) in [5, 5.41) is 50.5. The van der Waals surface area contributed by atoms with Crippen molar-refractivity contribution in [2.24, 2.45) is 17.8 Å². The quantitative estimate of drug-likeness (QED) is 0.0329. The Morgan fingerprint density at radius 1 is 0.466 bits per heavy atom. The number of thiazole rings is 3. The summed E-state index contributed by atoms with van der Waals surface area (Å²) >= 11 is 4.16. The topological polar surface area (TPSA) is 398 Å². The summed E-state index contributed by atoms with van der Waals surface area (Å²) in [4.78, 5) is 72.2. The van der Waals surface area contributed by atoms with Gasteiger partial charge in [0.15, 0.2) is 41.1 Å². The van der Waals surface area contributed by atoms with Crippen LogP contribution in [0, 0.1) is 51.7 Å². The number of nitrogens with one attached hydrogen (secondary N) is 7. The number of carbonyl (C=O) groups excluding carboxylic acids is 3. The molecule has 0 atom stereocenters. The van der Waals surface area contributed by atoms with E-state index >= 15 is 0 Å². The van der Waals surface area contributed by atoms with Crippen LogP contribution in [0.2, 0.25) is 0 Å². The van der Waals surface area contributed by atoms with E-state index in [1.165, 1.54) is 72.1 Å². The third kappa shape index (κ3) is 15.5. The zero-order valence-corrected chi connectivity index (χ0v) is 60.2. The summed E-state index contributed by atoms with van der Waals surface area (Å²) in [5.74, 6) is -0.184. The minimum Gasteiger partial charge on any atom is -0.381 e. The van der Waals surface area contributed by atoms with Gasteiger partial charge in [-0.15, -0.1) is 34.0 Å². The fraction of sp³-hybridized carbons (Fsp3) is 0.250. The predicted molar refractivity (Wildman–Crippen MR) is 395 cm³/mol. The fourth-order valence-electron chi connectivity index (χ4n) is 12.8. The highest BCUT2D eigenvalue weighted by atomic mass is 32.2. The molecule has 12 aromatic rings. The Kier molecular flexibility index (Phi) is 20.3. The average Bonchev–Trinajstić information content (AvgIpc) is 1.75. The lowest BCUT2D eigenvalue weighted by atomic mass is 9.81. The summed E-state index contributed by atoms with van der Waals surface area (Å²) in [6.45, 7) is 2.98. The van der Waals surface area contributed by atoms with E-state index in [-0.39, 0.29) is 85.3 Å². The molecule has 0 unspecified atom stereocenters. The maximum Gasteiger partial charge on any atom is 0.270 e. The second-order valence-corrected chi connectivity index (χ2v) is 34.1. The third-order valence-corrected chi connectivity index (χ3v) is 26.5. The molecule has 3 aliphatic rings. The summed E-state index contributed by atoms with van der Waals surface area (Å²) in [5.41, 5.74) is 9.47. The van der Waals surface area contributed by atoms with Gasteiger partial charge < -0.3 is 36.2 Å². The van der Waals surface area contributed by atoms with E-state index in [1.807, 2.05) is 55.0 Å². The lowest BCUT2D eigenvalue weighted by Gasteiger charge is -2.36. The fourth-order valence-corrected chi connectivity index (χ4v) is 20.4. The molecule has 3 aromatic carbocycles. The first kappa shape index (κ1) is 70.6. The molecular formula is C72H64N16O9S6. The van der Waals surface area contributed by atoms with Crippen LogP contribution in [0.3, 0.4) is 0 Å². The van der Waals surface area contributed by atoms with E-state index in [2.05, 4.69) is 66.1 Å². The monoisotopic (exact) mass is 1490 g/mol. The zero-order chi connectivity index (χ0) is 72.3. The Morgan fingerprint density at radius 2 is 0.767 bits per heavy atom. The molecule has 3 aliphatic carbocycles. The Balaban J connectivity index is 0.000000138. The van der Waals surface area contributed by atoms with Gasteiger partial charge in [0.2, 0.25) is 0 Å².